The van der Waals surface area contributed by atoms with Gasteiger partial charge in [-0.2, -0.15) is 0 Å². The molecule has 0 aliphatic carbocycles. The van der Waals surface area contributed by atoms with Gasteiger partial charge in [0, 0.05) is 8.95 Å². The van der Waals surface area contributed by atoms with Crippen molar-refractivity contribution in [1.82, 2.24) is 0 Å². The van der Waals surface area contributed by atoms with Crippen molar-refractivity contribution >= 4 is 70.8 Å². The van der Waals surface area contributed by atoms with Crippen molar-refractivity contribution in [2.75, 3.05) is 4.72 Å². The average molecular weight is 474 g/mol. The second-order valence-electron chi connectivity index (χ2n) is 4.23. The highest BCUT2D eigenvalue weighted by Gasteiger charge is 2.21. The van der Waals surface area contributed by atoms with E-state index in [4.69, 9.17) is 23.2 Å². The van der Waals surface area contributed by atoms with Gasteiger partial charge in [-0.25, -0.2) is 8.42 Å². The molecule has 0 unspecified atom stereocenters. The van der Waals surface area contributed by atoms with Crippen LogP contribution in [0.3, 0.4) is 0 Å². The monoisotopic (exact) mass is 471 g/mol. The van der Waals surface area contributed by atoms with Crippen LogP contribution in [-0.2, 0) is 10.0 Å². The molecule has 1 N–H and O–H groups in total. The van der Waals surface area contributed by atoms with Crippen LogP contribution in [0.1, 0.15) is 5.56 Å². The van der Waals surface area contributed by atoms with E-state index in [9.17, 15) is 8.42 Å². The third-order valence-electron chi connectivity index (χ3n) is 2.70. The van der Waals surface area contributed by atoms with E-state index in [-0.39, 0.29) is 20.6 Å². The van der Waals surface area contributed by atoms with Crippen LogP contribution in [0.25, 0.3) is 0 Å². The summed E-state index contributed by atoms with van der Waals surface area (Å²) in [4.78, 5) is 0.0966. The number of aryl methyl sites for hydroxylation is 1. The van der Waals surface area contributed by atoms with Gasteiger partial charge in [-0.1, -0.05) is 45.2 Å². The van der Waals surface area contributed by atoms with E-state index in [0.29, 0.717) is 4.47 Å². The highest BCUT2D eigenvalue weighted by atomic mass is 79.9. The molecule has 0 saturated carbocycles. The van der Waals surface area contributed by atoms with Gasteiger partial charge in [-0.15, -0.1) is 0 Å². The van der Waals surface area contributed by atoms with Crippen molar-refractivity contribution in [1.29, 1.82) is 0 Å². The van der Waals surface area contributed by atoms with Crippen LogP contribution in [0.5, 0.6) is 0 Å². The molecule has 0 bridgehead atoms. The van der Waals surface area contributed by atoms with E-state index < -0.39 is 10.0 Å². The molecule has 2 rings (SSSR count). The lowest BCUT2D eigenvalue weighted by molar-refractivity contribution is 0.600. The SMILES string of the molecule is Cc1ccc(Cl)c(NS(=O)(=O)c2ccc(Br)cc2Br)c1Cl. The molecule has 0 aliphatic rings. The minimum atomic E-state index is -3.81. The first-order chi connectivity index (χ1) is 9.72. The van der Waals surface area contributed by atoms with E-state index in [0.717, 1.165) is 10.0 Å². The molecule has 8 heteroatoms. The summed E-state index contributed by atoms with van der Waals surface area (Å²) in [7, 11) is -3.81. The molecule has 0 atom stereocenters. The molecule has 0 spiro atoms. The number of anilines is 1. The summed E-state index contributed by atoms with van der Waals surface area (Å²) in [6, 6.07) is 8.08. The van der Waals surface area contributed by atoms with Crippen molar-refractivity contribution in [3.63, 3.8) is 0 Å². The quantitative estimate of drug-likeness (QED) is 0.628. The molecule has 0 saturated heterocycles. The van der Waals surface area contributed by atoms with Crippen LogP contribution in [0, 0.1) is 6.92 Å². The fourth-order valence-electron chi connectivity index (χ4n) is 1.63. The van der Waals surface area contributed by atoms with Crippen LogP contribution in [0.15, 0.2) is 44.2 Å². The van der Waals surface area contributed by atoms with Crippen LogP contribution < -0.4 is 4.72 Å². The zero-order valence-electron chi connectivity index (χ0n) is 10.6. The average Bonchev–Trinajstić information content (AvgIpc) is 2.39. The lowest BCUT2D eigenvalue weighted by atomic mass is 10.2. The number of hydrogen-bond donors (Lipinski definition) is 1. The maximum Gasteiger partial charge on any atom is 0.263 e. The summed E-state index contributed by atoms with van der Waals surface area (Å²) in [5.41, 5.74) is 0.904. The summed E-state index contributed by atoms with van der Waals surface area (Å²) < 4.78 is 28.6. The van der Waals surface area contributed by atoms with Gasteiger partial charge in [0.05, 0.1) is 15.7 Å². The summed E-state index contributed by atoms with van der Waals surface area (Å²) in [5, 5.41) is 0.515. The molecule has 0 aliphatic heterocycles. The van der Waals surface area contributed by atoms with Crippen LogP contribution in [-0.4, -0.2) is 8.42 Å². The number of sulfonamides is 1. The second kappa shape index (κ2) is 6.46. The van der Waals surface area contributed by atoms with Crippen molar-refractivity contribution < 1.29 is 8.42 Å². The summed E-state index contributed by atoms with van der Waals surface area (Å²) in [5.74, 6) is 0. The van der Waals surface area contributed by atoms with Crippen LogP contribution in [0.4, 0.5) is 5.69 Å². The van der Waals surface area contributed by atoms with Crippen LogP contribution in [0.2, 0.25) is 10.0 Å². The number of benzene rings is 2. The normalized spacial score (nSPS) is 11.5. The number of hydrogen-bond acceptors (Lipinski definition) is 2. The Morgan fingerprint density at radius 3 is 2.38 bits per heavy atom. The number of rotatable bonds is 3. The van der Waals surface area contributed by atoms with Crippen molar-refractivity contribution in [2.45, 2.75) is 11.8 Å². The topological polar surface area (TPSA) is 46.2 Å². The van der Waals surface area contributed by atoms with Crippen molar-refractivity contribution in [3.8, 4) is 0 Å². The zero-order valence-corrected chi connectivity index (χ0v) is 16.1. The maximum absolute atomic E-state index is 12.5. The first-order valence-electron chi connectivity index (χ1n) is 5.65. The largest absolute Gasteiger partial charge is 0.277 e. The summed E-state index contributed by atoms with van der Waals surface area (Å²) in [6.45, 7) is 1.77. The van der Waals surface area contributed by atoms with Crippen molar-refractivity contribution in [2.24, 2.45) is 0 Å². The highest BCUT2D eigenvalue weighted by molar-refractivity contribution is 9.11. The van der Waals surface area contributed by atoms with Crippen LogP contribution >= 0.6 is 55.1 Å². The molecule has 0 heterocycles. The molecule has 0 fully saturated rings. The molecule has 21 heavy (non-hydrogen) atoms. The first-order valence-corrected chi connectivity index (χ1v) is 9.47. The predicted molar refractivity (Wildman–Crippen MR) is 93.8 cm³/mol. The third kappa shape index (κ3) is 3.74. The zero-order chi connectivity index (χ0) is 15.8. The fraction of sp³-hybridized carbons (Fsp3) is 0.0769. The van der Waals surface area contributed by atoms with E-state index in [2.05, 4.69) is 36.6 Å². The fourth-order valence-corrected chi connectivity index (χ4v) is 5.05. The van der Waals surface area contributed by atoms with Gasteiger partial charge in [0.2, 0.25) is 0 Å². The number of halogens is 4. The Balaban J connectivity index is 2.50. The standard InChI is InChI=1S/C13H9Br2Cl2NO2S/c1-7-2-4-10(16)13(12(7)17)18-21(19,20)11-5-3-8(14)6-9(11)15/h2-6,18H,1H3. The molecule has 112 valence electrons. The molecule has 0 radical (unpaired) electrons. The van der Waals surface area contributed by atoms with E-state index in [1.807, 2.05) is 0 Å². The summed E-state index contributed by atoms with van der Waals surface area (Å²) in [6.07, 6.45) is 0. The van der Waals surface area contributed by atoms with Gasteiger partial charge in [0.1, 0.15) is 4.90 Å². The Morgan fingerprint density at radius 1 is 1.10 bits per heavy atom. The Bertz CT molecular complexity index is 810. The third-order valence-corrected chi connectivity index (χ3v) is 6.33. The lowest BCUT2D eigenvalue weighted by Gasteiger charge is -2.13. The minimum Gasteiger partial charge on any atom is -0.277 e. The molecule has 2 aromatic carbocycles. The van der Waals surface area contributed by atoms with Gasteiger partial charge in [0.25, 0.3) is 10.0 Å². The Morgan fingerprint density at radius 2 is 1.76 bits per heavy atom. The van der Waals surface area contributed by atoms with Gasteiger partial charge in [-0.3, -0.25) is 4.72 Å². The summed E-state index contributed by atoms with van der Waals surface area (Å²) >= 11 is 18.7. The predicted octanol–water partition coefficient (Wildman–Crippen LogP) is 5.63. The smallest absolute Gasteiger partial charge is 0.263 e. The molecule has 3 nitrogen and oxygen atoms in total. The van der Waals surface area contributed by atoms with E-state index in [1.165, 1.54) is 6.07 Å². The lowest BCUT2D eigenvalue weighted by Crippen LogP contribution is -2.14. The Labute approximate surface area is 150 Å². The van der Waals surface area contributed by atoms with Crippen molar-refractivity contribution in [3.05, 3.63) is 54.9 Å². The molecule has 2 aromatic rings. The molecular formula is C13H9Br2Cl2NO2S. The number of nitrogens with one attached hydrogen (secondary N) is 1. The Hall–Kier alpha value is -0.270. The highest BCUT2D eigenvalue weighted by Crippen LogP contribution is 2.35. The van der Waals surface area contributed by atoms with E-state index in [1.54, 1.807) is 31.2 Å². The molecule has 0 aromatic heterocycles. The Kier molecular flexibility index (Phi) is 5.26. The molecular weight excluding hydrogens is 465 g/mol. The maximum atomic E-state index is 12.5. The minimum absolute atomic E-state index is 0.0966. The molecule has 0 amide bonds. The second-order valence-corrected chi connectivity index (χ2v) is 8.44. The van der Waals surface area contributed by atoms with Gasteiger partial charge in [-0.05, 0) is 52.7 Å². The first kappa shape index (κ1) is 17.1. The van der Waals surface area contributed by atoms with E-state index >= 15 is 0 Å². The van der Waals surface area contributed by atoms with Gasteiger partial charge in [0.15, 0.2) is 0 Å². The van der Waals surface area contributed by atoms with Gasteiger partial charge >= 0.3 is 0 Å². The van der Waals surface area contributed by atoms with Gasteiger partial charge < -0.3 is 0 Å².